The molecule has 0 unspecified atom stereocenters. The number of carbonyl (C=O) groups excluding carboxylic acids is 1. The molecule has 2 aliphatic rings. The summed E-state index contributed by atoms with van der Waals surface area (Å²) in [6, 6.07) is 5.82. The Bertz CT molecular complexity index is 712. The fraction of sp³-hybridized carbons (Fsp3) is 0.524. The van der Waals surface area contributed by atoms with E-state index in [-0.39, 0.29) is 5.91 Å². The number of aliphatic imine (C=N–C) groups is 1. The summed E-state index contributed by atoms with van der Waals surface area (Å²) in [4.78, 5) is 15.7. The van der Waals surface area contributed by atoms with Gasteiger partial charge in [-0.25, -0.2) is 0 Å². The Hall–Kier alpha value is -2.50. The largest absolute Gasteiger partial charge is 0.492 e. The van der Waals surface area contributed by atoms with Crippen LogP contribution in [0.15, 0.2) is 34.8 Å². The van der Waals surface area contributed by atoms with E-state index in [0.29, 0.717) is 19.6 Å². The number of amides is 1. The first-order valence-electron chi connectivity index (χ1n) is 9.92. The van der Waals surface area contributed by atoms with E-state index in [4.69, 9.17) is 4.74 Å². The lowest BCUT2D eigenvalue weighted by Crippen LogP contribution is -2.39. The Morgan fingerprint density at radius 3 is 2.89 bits per heavy atom. The van der Waals surface area contributed by atoms with Crippen LogP contribution in [0.5, 0.6) is 5.75 Å². The first-order valence-corrected chi connectivity index (χ1v) is 9.92. The summed E-state index contributed by atoms with van der Waals surface area (Å²) < 4.78 is 5.83. The van der Waals surface area contributed by atoms with E-state index in [1.54, 1.807) is 12.6 Å². The maximum absolute atomic E-state index is 11.4. The van der Waals surface area contributed by atoms with E-state index in [2.05, 4.69) is 27.0 Å². The number of allylic oxidation sites excluding steroid dienone is 1. The van der Waals surface area contributed by atoms with Crippen LogP contribution in [-0.2, 0) is 11.2 Å². The molecule has 6 heteroatoms. The zero-order valence-corrected chi connectivity index (χ0v) is 16.1. The smallest absolute Gasteiger partial charge is 0.224 e. The van der Waals surface area contributed by atoms with E-state index in [1.165, 1.54) is 25.7 Å². The zero-order chi connectivity index (χ0) is 18.9. The number of ether oxygens (including phenoxy) is 1. The predicted octanol–water partition coefficient (Wildman–Crippen LogP) is 3.01. The lowest BCUT2D eigenvalue weighted by Gasteiger charge is -2.18. The van der Waals surface area contributed by atoms with Crippen molar-refractivity contribution in [2.75, 3.05) is 32.1 Å². The maximum atomic E-state index is 11.4. The van der Waals surface area contributed by atoms with Crippen molar-refractivity contribution in [3.8, 4) is 5.75 Å². The van der Waals surface area contributed by atoms with E-state index in [9.17, 15) is 4.79 Å². The van der Waals surface area contributed by atoms with Crippen LogP contribution in [0.1, 0.15) is 44.1 Å². The van der Waals surface area contributed by atoms with E-state index >= 15 is 0 Å². The molecule has 0 saturated heterocycles. The Morgan fingerprint density at radius 2 is 2.07 bits per heavy atom. The van der Waals surface area contributed by atoms with Crippen molar-refractivity contribution in [3.63, 3.8) is 0 Å². The van der Waals surface area contributed by atoms with Crippen molar-refractivity contribution in [3.05, 3.63) is 35.4 Å². The summed E-state index contributed by atoms with van der Waals surface area (Å²) in [5, 5.41) is 9.53. The summed E-state index contributed by atoms with van der Waals surface area (Å²) in [6.45, 7) is 2.14. The third-order valence-electron chi connectivity index (χ3n) is 4.98. The second kappa shape index (κ2) is 10.00. The van der Waals surface area contributed by atoms with Gasteiger partial charge in [0.05, 0.1) is 6.54 Å². The molecular weight excluding hydrogens is 340 g/mol. The van der Waals surface area contributed by atoms with Gasteiger partial charge in [0.2, 0.25) is 5.91 Å². The van der Waals surface area contributed by atoms with E-state index in [1.807, 2.05) is 18.2 Å². The van der Waals surface area contributed by atoms with Gasteiger partial charge in [0, 0.05) is 25.7 Å². The SMILES string of the molecule is CN=C(NCCOc1ccc2c(c1)CCC(=O)N2)NCCC1=CCCCC1. The number of rotatable bonds is 7. The predicted molar refractivity (Wildman–Crippen MR) is 109 cm³/mol. The average Bonchev–Trinajstić information content (AvgIpc) is 2.70. The Kier molecular flexibility index (Phi) is 7.13. The van der Waals surface area contributed by atoms with Crippen LogP contribution < -0.4 is 20.7 Å². The fourth-order valence-electron chi connectivity index (χ4n) is 3.48. The monoisotopic (exact) mass is 370 g/mol. The molecule has 1 heterocycles. The molecule has 1 aliphatic heterocycles. The second-order valence-electron chi connectivity index (χ2n) is 7.00. The molecule has 0 spiro atoms. The van der Waals surface area contributed by atoms with Gasteiger partial charge >= 0.3 is 0 Å². The number of nitrogens with one attached hydrogen (secondary N) is 3. The summed E-state index contributed by atoms with van der Waals surface area (Å²) in [6.07, 6.45) is 9.91. The van der Waals surface area contributed by atoms with Gasteiger partial charge < -0.3 is 20.7 Å². The third-order valence-corrected chi connectivity index (χ3v) is 4.98. The molecule has 146 valence electrons. The zero-order valence-electron chi connectivity index (χ0n) is 16.1. The molecule has 0 fully saturated rings. The third kappa shape index (κ3) is 6.01. The molecule has 27 heavy (non-hydrogen) atoms. The lowest BCUT2D eigenvalue weighted by molar-refractivity contribution is -0.116. The van der Waals surface area contributed by atoms with Gasteiger partial charge in [-0.3, -0.25) is 9.79 Å². The van der Waals surface area contributed by atoms with Gasteiger partial charge in [-0.05, 0) is 62.3 Å². The van der Waals surface area contributed by atoms with E-state index in [0.717, 1.165) is 42.3 Å². The maximum Gasteiger partial charge on any atom is 0.224 e. The summed E-state index contributed by atoms with van der Waals surface area (Å²) in [7, 11) is 1.79. The minimum Gasteiger partial charge on any atom is -0.492 e. The Labute approximate surface area is 161 Å². The van der Waals surface area contributed by atoms with Gasteiger partial charge in [0.1, 0.15) is 12.4 Å². The van der Waals surface area contributed by atoms with Crippen LogP contribution in [0.25, 0.3) is 0 Å². The second-order valence-corrected chi connectivity index (χ2v) is 7.00. The quantitative estimate of drug-likeness (QED) is 0.299. The van der Waals surface area contributed by atoms with Crippen LogP contribution in [0.4, 0.5) is 5.69 Å². The van der Waals surface area contributed by atoms with Gasteiger partial charge in [-0.15, -0.1) is 0 Å². The minimum atomic E-state index is 0.0824. The van der Waals surface area contributed by atoms with Crippen molar-refractivity contribution in [1.29, 1.82) is 0 Å². The fourth-order valence-corrected chi connectivity index (χ4v) is 3.48. The van der Waals surface area contributed by atoms with Crippen LogP contribution in [0.3, 0.4) is 0 Å². The molecule has 0 aromatic heterocycles. The summed E-state index contributed by atoms with van der Waals surface area (Å²) in [5.74, 6) is 1.72. The van der Waals surface area contributed by atoms with Gasteiger partial charge in [0.25, 0.3) is 0 Å². The summed E-state index contributed by atoms with van der Waals surface area (Å²) >= 11 is 0. The first-order chi connectivity index (χ1) is 13.2. The number of hydrogen-bond acceptors (Lipinski definition) is 3. The number of benzene rings is 1. The topological polar surface area (TPSA) is 74.8 Å². The van der Waals surface area contributed by atoms with Crippen LogP contribution >= 0.6 is 0 Å². The van der Waals surface area contributed by atoms with Gasteiger partial charge in [-0.1, -0.05) is 11.6 Å². The number of anilines is 1. The van der Waals surface area contributed by atoms with Crippen LogP contribution in [0.2, 0.25) is 0 Å². The molecular formula is C21H30N4O2. The van der Waals surface area contributed by atoms with Crippen LogP contribution in [0, 0.1) is 0 Å². The normalized spacial score (nSPS) is 16.9. The molecule has 0 radical (unpaired) electrons. The molecule has 3 N–H and O–H groups in total. The molecule has 1 aliphatic carbocycles. The molecule has 0 saturated carbocycles. The van der Waals surface area contributed by atoms with Crippen LogP contribution in [-0.4, -0.2) is 38.6 Å². The molecule has 6 nitrogen and oxygen atoms in total. The van der Waals surface area contributed by atoms with Gasteiger partial charge in [0.15, 0.2) is 5.96 Å². The standard InChI is InChI=1S/C21H30N4O2/c1-22-21(23-12-11-16-5-3-2-4-6-16)24-13-14-27-18-8-9-19-17(15-18)7-10-20(26)25-19/h5,8-9,15H,2-4,6-7,10-14H2,1H3,(H,25,26)(H2,22,23,24). The number of fused-ring (bicyclic) bond motifs is 1. The van der Waals surface area contributed by atoms with Crippen molar-refractivity contribution < 1.29 is 9.53 Å². The van der Waals surface area contributed by atoms with Gasteiger partial charge in [-0.2, -0.15) is 0 Å². The molecule has 1 aromatic rings. The highest BCUT2D eigenvalue weighted by molar-refractivity contribution is 5.94. The van der Waals surface area contributed by atoms with E-state index < -0.39 is 0 Å². The van der Waals surface area contributed by atoms with Crippen molar-refractivity contribution in [1.82, 2.24) is 10.6 Å². The number of nitrogens with zero attached hydrogens (tertiary/aromatic N) is 1. The number of hydrogen-bond donors (Lipinski definition) is 3. The number of guanidine groups is 1. The first kappa shape index (κ1) is 19.3. The summed E-state index contributed by atoms with van der Waals surface area (Å²) in [5.41, 5.74) is 3.60. The molecule has 0 bridgehead atoms. The molecule has 0 atom stereocenters. The lowest BCUT2D eigenvalue weighted by atomic mass is 9.97. The molecule has 1 aromatic carbocycles. The van der Waals surface area contributed by atoms with Crippen molar-refractivity contribution in [2.24, 2.45) is 4.99 Å². The highest BCUT2D eigenvalue weighted by atomic mass is 16.5. The number of carbonyl (C=O) groups is 1. The molecule has 1 amide bonds. The minimum absolute atomic E-state index is 0.0824. The van der Waals surface area contributed by atoms with Crippen molar-refractivity contribution in [2.45, 2.75) is 44.9 Å². The highest BCUT2D eigenvalue weighted by Crippen LogP contribution is 2.26. The Morgan fingerprint density at radius 1 is 1.19 bits per heavy atom. The highest BCUT2D eigenvalue weighted by Gasteiger charge is 2.14. The van der Waals surface area contributed by atoms with Crippen molar-refractivity contribution >= 4 is 17.6 Å². The average molecular weight is 370 g/mol. The number of aryl methyl sites for hydroxylation is 1. The molecule has 3 rings (SSSR count). The Balaban J connectivity index is 1.35.